The second-order valence-corrected chi connectivity index (χ2v) is 3.95. The first-order valence-electron chi connectivity index (χ1n) is 6.04. The summed E-state index contributed by atoms with van der Waals surface area (Å²) in [6, 6.07) is 2.46. The largest absolute Gasteiger partial charge is 0.495 e. The molecule has 16 heavy (non-hydrogen) atoms. The van der Waals surface area contributed by atoms with Gasteiger partial charge in [-0.05, 0) is 31.0 Å². The molecule has 1 atom stereocenters. The van der Waals surface area contributed by atoms with Crippen molar-refractivity contribution in [2.75, 3.05) is 13.7 Å². The highest BCUT2D eigenvalue weighted by Gasteiger charge is 2.10. The van der Waals surface area contributed by atoms with Crippen molar-refractivity contribution in [3.8, 4) is 5.75 Å². The van der Waals surface area contributed by atoms with Crippen LogP contribution in [0, 0.1) is 0 Å². The maximum absolute atomic E-state index is 5.20. The molecule has 0 aliphatic heterocycles. The molecule has 0 amide bonds. The second kappa shape index (κ2) is 7.23. The Hall–Kier alpha value is -1.09. The number of pyridine rings is 1. The zero-order valence-electron chi connectivity index (χ0n) is 10.5. The smallest absolute Gasteiger partial charge is 0.137 e. The minimum absolute atomic E-state index is 0.396. The van der Waals surface area contributed by atoms with Crippen LogP contribution < -0.4 is 10.1 Å². The first-order chi connectivity index (χ1) is 7.81. The van der Waals surface area contributed by atoms with Crippen molar-refractivity contribution >= 4 is 0 Å². The third-order valence-corrected chi connectivity index (χ3v) is 2.59. The molecular weight excluding hydrogens is 200 g/mol. The van der Waals surface area contributed by atoms with Gasteiger partial charge >= 0.3 is 0 Å². The number of methoxy groups -OCH3 is 1. The Labute approximate surface area is 98.2 Å². The van der Waals surface area contributed by atoms with Gasteiger partial charge in [-0.1, -0.05) is 20.3 Å². The summed E-state index contributed by atoms with van der Waals surface area (Å²) in [4.78, 5) is 4.20. The normalized spacial score (nSPS) is 12.4. The molecule has 0 aliphatic rings. The highest BCUT2D eigenvalue weighted by atomic mass is 16.5. The summed E-state index contributed by atoms with van der Waals surface area (Å²) >= 11 is 0. The van der Waals surface area contributed by atoms with E-state index >= 15 is 0 Å². The third-order valence-electron chi connectivity index (χ3n) is 2.59. The summed E-state index contributed by atoms with van der Waals surface area (Å²) in [7, 11) is 1.68. The standard InChI is InChI=1S/C13H22N2O/c1-4-6-13(15-7-5-2)11-8-12(16-3)10-14-9-11/h8-10,13,15H,4-7H2,1-3H3. The lowest BCUT2D eigenvalue weighted by Gasteiger charge is -2.18. The van der Waals surface area contributed by atoms with E-state index in [0.29, 0.717) is 6.04 Å². The Kier molecular flexibility index (Phi) is 5.86. The minimum Gasteiger partial charge on any atom is -0.495 e. The molecule has 0 aliphatic carbocycles. The Bertz CT molecular complexity index is 302. The molecule has 0 aromatic carbocycles. The van der Waals surface area contributed by atoms with Gasteiger partial charge in [0.05, 0.1) is 13.3 Å². The van der Waals surface area contributed by atoms with E-state index in [2.05, 4.69) is 30.2 Å². The van der Waals surface area contributed by atoms with E-state index in [1.54, 1.807) is 13.3 Å². The molecule has 3 nitrogen and oxygen atoms in total. The van der Waals surface area contributed by atoms with Crippen LogP contribution in [0.15, 0.2) is 18.5 Å². The fourth-order valence-electron chi connectivity index (χ4n) is 1.73. The molecular formula is C13H22N2O. The van der Waals surface area contributed by atoms with Gasteiger partial charge < -0.3 is 10.1 Å². The van der Waals surface area contributed by atoms with E-state index < -0.39 is 0 Å². The molecule has 0 fully saturated rings. The van der Waals surface area contributed by atoms with Crippen LogP contribution in [0.1, 0.15) is 44.7 Å². The number of ether oxygens (including phenoxy) is 1. The van der Waals surface area contributed by atoms with Gasteiger partial charge in [0.1, 0.15) is 5.75 Å². The Morgan fingerprint density at radius 2 is 2.12 bits per heavy atom. The summed E-state index contributed by atoms with van der Waals surface area (Å²) < 4.78 is 5.20. The van der Waals surface area contributed by atoms with Crippen molar-refractivity contribution in [1.82, 2.24) is 10.3 Å². The number of nitrogens with zero attached hydrogens (tertiary/aromatic N) is 1. The Balaban J connectivity index is 2.73. The molecule has 0 saturated heterocycles. The fourth-order valence-corrected chi connectivity index (χ4v) is 1.73. The molecule has 1 aromatic rings. The molecule has 0 bridgehead atoms. The molecule has 1 unspecified atom stereocenters. The van der Waals surface area contributed by atoms with Crippen molar-refractivity contribution in [1.29, 1.82) is 0 Å². The van der Waals surface area contributed by atoms with Gasteiger partial charge in [0.15, 0.2) is 0 Å². The number of hydrogen-bond acceptors (Lipinski definition) is 3. The zero-order chi connectivity index (χ0) is 11.8. The van der Waals surface area contributed by atoms with Gasteiger partial charge in [-0.2, -0.15) is 0 Å². The second-order valence-electron chi connectivity index (χ2n) is 3.95. The predicted molar refractivity (Wildman–Crippen MR) is 66.7 cm³/mol. The molecule has 1 N–H and O–H groups in total. The molecule has 0 spiro atoms. The van der Waals surface area contributed by atoms with E-state index in [4.69, 9.17) is 4.74 Å². The topological polar surface area (TPSA) is 34.2 Å². The van der Waals surface area contributed by atoms with Crippen molar-refractivity contribution in [2.45, 2.75) is 39.2 Å². The van der Waals surface area contributed by atoms with Gasteiger partial charge in [0.2, 0.25) is 0 Å². The lowest BCUT2D eigenvalue weighted by Crippen LogP contribution is -2.22. The summed E-state index contributed by atoms with van der Waals surface area (Å²) in [6.07, 6.45) is 7.11. The van der Waals surface area contributed by atoms with Gasteiger partial charge in [-0.3, -0.25) is 4.98 Å². The minimum atomic E-state index is 0.396. The first kappa shape index (κ1) is 13.0. The summed E-state index contributed by atoms with van der Waals surface area (Å²) in [6.45, 7) is 5.43. The number of hydrogen-bond donors (Lipinski definition) is 1. The Morgan fingerprint density at radius 3 is 2.75 bits per heavy atom. The molecule has 0 radical (unpaired) electrons. The molecule has 1 rings (SSSR count). The first-order valence-corrected chi connectivity index (χ1v) is 6.04. The quantitative estimate of drug-likeness (QED) is 0.770. The van der Waals surface area contributed by atoms with Crippen LogP contribution in [0.2, 0.25) is 0 Å². The van der Waals surface area contributed by atoms with Crippen LogP contribution in [0.5, 0.6) is 5.75 Å². The number of aromatic nitrogens is 1. The lowest BCUT2D eigenvalue weighted by atomic mass is 10.0. The van der Waals surface area contributed by atoms with Gasteiger partial charge in [0.25, 0.3) is 0 Å². The highest BCUT2D eigenvalue weighted by Crippen LogP contribution is 2.21. The highest BCUT2D eigenvalue weighted by molar-refractivity contribution is 5.25. The summed E-state index contributed by atoms with van der Waals surface area (Å²) in [5.41, 5.74) is 1.22. The van der Waals surface area contributed by atoms with Crippen LogP contribution in [0.3, 0.4) is 0 Å². The summed E-state index contributed by atoms with van der Waals surface area (Å²) in [5, 5.41) is 3.54. The molecule has 3 heteroatoms. The van der Waals surface area contributed by atoms with Gasteiger partial charge in [-0.15, -0.1) is 0 Å². The monoisotopic (exact) mass is 222 g/mol. The third kappa shape index (κ3) is 3.81. The zero-order valence-corrected chi connectivity index (χ0v) is 10.5. The van der Waals surface area contributed by atoms with E-state index in [0.717, 1.165) is 25.1 Å². The maximum Gasteiger partial charge on any atom is 0.137 e. The lowest BCUT2D eigenvalue weighted by molar-refractivity contribution is 0.409. The van der Waals surface area contributed by atoms with Crippen LogP contribution in [-0.4, -0.2) is 18.6 Å². The van der Waals surface area contributed by atoms with Crippen LogP contribution in [-0.2, 0) is 0 Å². The Morgan fingerprint density at radius 1 is 1.31 bits per heavy atom. The molecule has 0 saturated carbocycles. The molecule has 1 heterocycles. The van der Waals surface area contributed by atoms with Crippen LogP contribution in [0.25, 0.3) is 0 Å². The predicted octanol–water partition coefficient (Wildman–Crippen LogP) is 2.93. The van der Waals surface area contributed by atoms with E-state index in [-0.39, 0.29) is 0 Å². The molecule has 90 valence electrons. The SMILES string of the molecule is CCCNC(CCC)c1cncc(OC)c1. The van der Waals surface area contributed by atoms with Crippen molar-refractivity contribution < 1.29 is 4.74 Å². The van der Waals surface area contributed by atoms with Crippen molar-refractivity contribution in [3.05, 3.63) is 24.0 Å². The average Bonchev–Trinajstić information content (AvgIpc) is 2.34. The van der Waals surface area contributed by atoms with Crippen molar-refractivity contribution in [3.63, 3.8) is 0 Å². The molecule has 1 aromatic heterocycles. The van der Waals surface area contributed by atoms with E-state index in [1.165, 1.54) is 12.0 Å². The van der Waals surface area contributed by atoms with Crippen LogP contribution >= 0.6 is 0 Å². The fraction of sp³-hybridized carbons (Fsp3) is 0.615. The van der Waals surface area contributed by atoms with E-state index in [9.17, 15) is 0 Å². The summed E-state index contributed by atoms with van der Waals surface area (Å²) in [5.74, 6) is 0.830. The number of rotatable bonds is 7. The maximum atomic E-state index is 5.20. The number of nitrogens with one attached hydrogen (secondary N) is 1. The van der Waals surface area contributed by atoms with E-state index in [1.807, 2.05) is 6.20 Å². The van der Waals surface area contributed by atoms with Gasteiger partial charge in [-0.25, -0.2) is 0 Å². The van der Waals surface area contributed by atoms with Crippen LogP contribution in [0.4, 0.5) is 0 Å². The average molecular weight is 222 g/mol. The van der Waals surface area contributed by atoms with Crippen molar-refractivity contribution in [2.24, 2.45) is 0 Å². The van der Waals surface area contributed by atoms with Gasteiger partial charge in [0, 0.05) is 12.2 Å².